The highest BCUT2D eigenvalue weighted by atomic mass is 32.2. The molecule has 0 aliphatic carbocycles. The quantitative estimate of drug-likeness (QED) is 0.288. The molecule has 0 amide bonds. The van der Waals surface area contributed by atoms with Crippen LogP contribution in [0.5, 0.6) is 11.5 Å². The first-order valence-corrected chi connectivity index (χ1v) is 18.6. The molecule has 0 spiro atoms. The summed E-state index contributed by atoms with van der Waals surface area (Å²) in [5.74, 6) is -2.38. The standard InChI is InChI=1S/2C14H21N3O6S.CH4/c2*1-8-6-5-7-9(15-2)12-16-10(14(19)22-3)11(13(18)17(8)12)23-24(4,20)21;/h2*8-9,15H,5-7H2,1-4H3;1H4/t2*8-,9-;/m10./s1. The summed E-state index contributed by atoms with van der Waals surface area (Å²) >= 11 is 0. The van der Waals surface area contributed by atoms with Crippen LogP contribution in [0.1, 0.15) is 117 Å². The molecule has 276 valence electrons. The van der Waals surface area contributed by atoms with Crippen molar-refractivity contribution in [1.82, 2.24) is 29.7 Å². The number of fused-ring (bicyclic) bond motifs is 2. The van der Waals surface area contributed by atoms with Gasteiger partial charge in [-0.2, -0.15) is 16.8 Å². The number of nitrogens with zero attached hydrogens (tertiary/aromatic N) is 4. The summed E-state index contributed by atoms with van der Waals surface area (Å²) in [4.78, 5) is 58.2. The number of hydrogen-bond acceptors (Lipinski definition) is 16. The van der Waals surface area contributed by atoms with Crippen molar-refractivity contribution in [1.29, 1.82) is 0 Å². The summed E-state index contributed by atoms with van der Waals surface area (Å²) < 4.78 is 67.5. The van der Waals surface area contributed by atoms with Crippen LogP contribution in [0.4, 0.5) is 0 Å². The molecule has 2 N–H and O–H groups in total. The van der Waals surface area contributed by atoms with Gasteiger partial charge in [0.15, 0.2) is 11.4 Å². The maximum Gasteiger partial charge on any atom is 0.360 e. The molecule has 0 radical (unpaired) electrons. The maximum absolute atomic E-state index is 12.9. The summed E-state index contributed by atoms with van der Waals surface area (Å²) in [5.41, 5.74) is -2.29. The first-order chi connectivity index (χ1) is 22.4. The highest BCUT2D eigenvalue weighted by Crippen LogP contribution is 2.31. The lowest BCUT2D eigenvalue weighted by Crippen LogP contribution is -2.34. The average molecular weight is 735 g/mol. The summed E-state index contributed by atoms with van der Waals surface area (Å²) in [6.07, 6.45) is 6.22. The summed E-state index contributed by atoms with van der Waals surface area (Å²) in [7, 11) is -2.32. The van der Waals surface area contributed by atoms with Crippen molar-refractivity contribution in [2.75, 3.05) is 40.8 Å². The van der Waals surface area contributed by atoms with Gasteiger partial charge in [-0.25, -0.2) is 19.6 Å². The molecule has 0 unspecified atom stereocenters. The van der Waals surface area contributed by atoms with E-state index in [1.807, 2.05) is 13.8 Å². The third-order valence-corrected chi connectivity index (χ3v) is 8.80. The third kappa shape index (κ3) is 9.64. The van der Waals surface area contributed by atoms with Gasteiger partial charge in [0.05, 0.1) is 38.8 Å². The van der Waals surface area contributed by atoms with Gasteiger partial charge < -0.3 is 28.5 Å². The minimum atomic E-state index is -4.01. The second-order valence-corrected chi connectivity index (χ2v) is 14.6. The fourth-order valence-corrected chi connectivity index (χ4v) is 6.54. The normalized spacial score (nSPS) is 20.4. The van der Waals surface area contributed by atoms with E-state index < -0.39 is 66.2 Å². The fourth-order valence-electron chi connectivity index (χ4n) is 5.63. The van der Waals surface area contributed by atoms with Crippen LogP contribution in [-0.4, -0.2) is 88.7 Å². The highest BCUT2D eigenvalue weighted by molar-refractivity contribution is 7.86. The second-order valence-electron chi connectivity index (χ2n) is 11.4. The monoisotopic (exact) mass is 734 g/mol. The number of carbonyl (C=O) groups is 2. The maximum atomic E-state index is 12.9. The number of aromatic nitrogens is 4. The Morgan fingerprint density at radius 2 is 1.02 bits per heavy atom. The Balaban J connectivity index is 0.000000333. The zero-order chi connectivity index (χ0) is 36.1. The molecule has 2 aliphatic heterocycles. The molecule has 4 rings (SSSR count). The Labute approximate surface area is 285 Å². The van der Waals surface area contributed by atoms with E-state index in [0.717, 1.165) is 65.3 Å². The summed E-state index contributed by atoms with van der Waals surface area (Å²) in [6, 6.07) is -0.879. The molecule has 0 fully saturated rings. The Hall–Kier alpha value is -3.88. The molecule has 49 heavy (non-hydrogen) atoms. The van der Waals surface area contributed by atoms with Gasteiger partial charge in [-0.15, -0.1) is 0 Å². The van der Waals surface area contributed by atoms with E-state index in [1.165, 1.54) is 9.13 Å². The molecule has 0 aromatic carbocycles. The first-order valence-electron chi connectivity index (χ1n) is 15.0. The minimum absolute atomic E-state index is 0. The summed E-state index contributed by atoms with van der Waals surface area (Å²) in [5, 5.41) is 6.13. The Morgan fingerprint density at radius 3 is 1.29 bits per heavy atom. The first kappa shape index (κ1) is 41.3. The van der Waals surface area contributed by atoms with E-state index in [-0.39, 0.29) is 31.6 Å². The topological polar surface area (TPSA) is 233 Å². The Bertz CT molecular complexity index is 1740. The second kappa shape index (κ2) is 16.7. The van der Waals surface area contributed by atoms with E-state index in [4.69, 9.17) is 8.37 Å². The molecule has 0 saturated heterocycles. The number of nitrogens with one attached hydrogen (secondary N) is 2. The van der Waals surface area contributed by atoms with Crippen molar-refractivity contribution in [3.63, 3.8) is 0 Å². The van der Waals surface area contributed by atoms with Crippen LogP contribution in [0.25, 0.3) is 0 Å². The molecule has 18 nitrogen and oxygen atoms in total. The zero-order valence-corrected chi connectivity index (χ0v) is 29.7. The lowest BCUT2D eigenvalue weighted by molar-refractivity contribution is 0.0581. The van der Waals surface area contributed by atoms with Crippen LogP contribution in [0.3, 0.4) is 0 Å². The van der Waals surface area contributed by atoms with E-state index in [2.05, 4.69) is 30.1 Å². The van der Waals surface area contributed by atoms with E-state index in [1.54, 1.807) is 14.1 Å². The number of esters is 2. The molecule has 20 heteroatoms. The van der Waals surface area contributed by atoms with Crippen molar-refractivity contribution in [2.24, 2.45) is 0 Å². The summed E-state index contributed by atoms with van der Waals surface area (Å²) in [6.45, 7) is 3.68. The van der Waals surface area contributed by atoms with Crippen molar-refractivity contribution < 1.29 is 44.3 Å². The van der Waals surface area contributed by atoms with E-state index >= 15 is 0 Å². The number of rotatable bonds is 8. The van der Waals surface area contributed by atoms with Gasteiger partial charge in [0.2, 0.25) is 11.5 Å². The van der Waals surface area contributed by atoms with Gasteiger partial charge in [0.25, 0.3) is 11.1 Å². The number of ether oxygens (including phenoxy) is 2. The van der Waals surface area contributed by atoms with Gasteiger partial charge in [-0.3, -0.25) is 18.7 Å². The van der Waals surface area contributed by atoms with Gasteiger partial charge in [-0.1, -0.05) is 7.43 Å². The molecular formula is C29H46N6O12S2. The zero-order valence-electron chi connectivity index (χ0n) is 28.1. The van der Waals surface area contributed by atoms with E-state index in [9.17, 15) is 36.0 Å². The molecule has 2 aliphatic rings. The van der Waals surface area contributed by atoms with Gasteiger partial charge in [0, 0.05) is 12.1 Å². The average Bonchev–Trinajstić information content (AvgIpc) is 3.28. The predicted octanol–water partition coefficient (Wildman–Crippen LogP) is 1.38. The van der Waals surface area contributed by atoms with Crippen LogP contribution in [-0.2, 0) is 29.7 Å². The van der Waals surface area contributed by atoms with Crippen LogP contribution < -0.4 is 30.1 Å². The largest absolute Gasteiger partial charge is 0.464 e. The number of methoxy groups -OCH3 is 2. The SMILES string of the molecule is C.CN[C@@H]1CCC[C@@H](C)n2c1nc(C(=O)OC)c(OS(C)(=O)=O)c2=O.CN[C@H]1CCC[C@H](C)n2c1nc(C(=O)OC)c(OS(C)(=O)=O)c2=O. The Kier molecular flexibility index (Phi) is 14.1. The Morgan fingerprint density at radius 1 is 0.694 bits per heavy atom. The van der Waals surface area contributed by atoms with Crippen LogP contribution in [0, 0.1) is 0 Å². The molecule has 4 atom stereocenters. The van der Waals surface area contributed by atoms with Gasteiger partial charge in [0.1, 0.15) is 11.6 Å². The molecular weight excluding hydrogens is 688 g/mol. The van der Waals surface area contributed by atoms with Crippen LogP contribution in [0.15, 0.2) is 9.59 Å². The minimum Gasteiger partial charge on any atom is -0.464 e. The molecule has 0 bridgehead atoms. The predicted molar refractivity (Wildman–Crippen MR) is 178 cm³/mol. The smallest absolute Gasteiger partial charge is 0.360 e. The molecule has 2 aromatic heterocycles. The number of carbonyl (C=O) groups excluding carboxylic acids is 2. The van der Waals surface area contributed by atoms with Crippen LogP contribution >= 0.6 is 0 Å². The van der Waals surface area contributed by atoms with Gasteiger partial charge >= 0.3 is 32.2 Å². The third-order valence-electron chi connectivity index (χ3n) is 7.86. The van der Waals surface area contributed by atoms with Gasteiger partial charge in [-0.05, 0) is 66.5 Å². The van der Waals surface area contributed by atoms with Crippen molar-refractivity contribution >= 4 is 32.2 Å². The lowest BCUT2D eigenvalue weighted by Gasteiger charge is -2.21. The van der Waals surface area contributed by atoms with Crippen molar-refractivity contribution in [3.8, 4) is 11.5 Å². The molecule has 4 heterocycles. The van der Waals surface area contributed by atoms with E-state index in [0.29, 0.717) is 11.6 Å². The highest BCUT2D eigenvalue weighted by Gasteiger charge is 2.33. The van der Waals surface area contributed by atoms with Crippen molar-refractivity contribution in [3.05, 3.63) is 43.7 Å². The van der Waals surface area contributed by atoms with Crippen molar-refractivity contribution in [2.45, 2.75) is 84.0 Å². The molecule has 2 aromatic rings. The van der Waals surface area contributed by atoms with Crippen LogP contribution in [0.2, 0.25) is 0 Å². The fraction of sp³-hybridized carbons (Fsp3) is 0.655. The molecule has 0 saturated carbocycles. The number of hydrogen-bond donors (Lipinski definition) is 2. The lowest BCUT2D eigenvalue weighted by atomic mass is 10.1.